The van der Waals surface area contributed by atoms with Crippen LogP contribution >= 0.6 is 0 Å². The Labute approximate surface area is 151 Å². The van der Waals surface area contributed by atoms with Gasteiger partial charge in [-0.15, -0.1) is 0 Å². The van der Waals surface area contributed by atoms with Gasteiger partial charge < -0.3 is 4.90 Å². The molecular weight excluding hydrogens is 336 g/mol. The molecule has 1 amide bonds. The molecule has 1 unspecified atom stereocenters. The Morgan fingerprint density at radius 1 is 1.08 bits per heavy atom. The van der Waals surface area contributed by atoms with Gasteiger partial charge in [-0.25, -0.2) is 8.42 Å². The predicted molar refractivity (Wildman–Crippen MR) is 98.0 cm³/mol. The van der Waals surface area contributed by atoms with Crippen LogP contribution in [0, 0.1) is 0 Å². The topological polar surface area (TPSA) is 57.7 Å². The monoisotopic (exact) mass is 364 g/mol. The molecule has 3 rings (SSSR count). The molecule has 1 atom stereocenters. The average molecular weight is 365 g/mol. The van der Waals surface area contributed by atoms with Crippen LogP contribution in [0.4, 0.5) is 0 Å². The van der Waals surface area contributed by atoms with Crippen LogP contribution in [-0.2, 0) is 10.0 Å². The van der Waals surface area contributed by atoms with E-state index in [1.165, 1.54) is 0 Å². The molecule has 138 valence electrons. The van der Waals surface area contributed by atoms with E-state index in [4.69, 9.17) is 0 Å². The standard InChI is InChI=1S/C19H28N2O3S/c1-2-17-10-4-7-14-21(17)25(23,24)18-11-8-9-16(15-18)19(22)20-12-5-3-6-13-20/h8-9,11,15,17H,2-7,10,12-14H2,1H3. The molecule has 2 heterocycles. The van der Waals surface area contributed by atoms with E-state index >= 15 is 0 Å². The molecule has 0 N–H and O–H groups in total. The van der Waals surface area contributed by atoms with E-state index in [9.17, 15) is 13.2 Å². The van der Waals surface area contributed by atoms with Gasteiger partial charge in [0.1, 0.15) is 0 Å². The third kappa shape index (κ3) is 3.90. The highest BCUT2D eigenvalue weighted by atomic mass is 32.2. The lowest BCUT2D eigenvalue weighted by Crippen LogP contribution is -2.43. The third-order valence-corrected chi connectivity index (χ3v) is 7.32. The lowest BCUT2D eigenvalue weighted by molar-refractivity contribution is 0.0724. The van der Waals surface area contributed by atoms with Crippen molar-refractivity contribution >= 4 is 15.9 Å². The first-order valence-corrected chi connectivity index (χ1v) is 10.9. The Hall–Kier alpha value is -1.40. The van der Waals surface area contributed by atoms with Crippen molar-refractivity contribution in [1.82, 2.24) is 9.21 Å². The van der Waals surface area contributed by atoms with E-state index in [2.05, 4.69) is 0 Å². The quantitative estimate of drug-likeness (QED) is 0.824. The zero-order valence-corrected chi connectivity index (χ0v) is 15.8. The maximum absolute atomic E-state index is 13.1. The Kier molecular flexibility index (Phi) is 5.79. The van der Waals surface area contributed by atoms with Gasteiger partial charge in [0.05, 0.1) is 4.90 Å². The summed E-state index contributed by atoms with van der Waals surface area (Å²) in [6.45, 7) is 4.14. The maximum atomic E-state index is 13.1. The fourth-order valence-corrected chi connectivity index (χ4v) is 5.72. The predicted octanol–water partition coefficient (Wildman–Crippen LogP) is 3.27. The molecule has 2 fully saturated rings. The largest absolute Gasteiger partial charge is 0.339 e. The van der Waals surface area contributed by atoms with Crippen LogP contribution in [0.5, 0.6) is 0 Å². The second-order valence-electron chi connectivity index (χ2n) is 7.05. The van der Waals surface area contributed by atoms with E-state index in [1.807, 2.05) is 11.8 Å². The Morgan fingerprint density at radius 3 is 2.52 bits per heavy atom. The molecule has 0 spiro atoms. The lowest BCUT2D eigenvalue weighted by atomic mass is 10.0. The number of hydrogen-bond acceptors (Lipinski definition) is 3. The van der Waals surface area contributed by atoms with Crippen LogP contribution in [-0.4, -0.2) is 49.2 Å². The van der Waals surface area contributed by atoms with Crippen molar-refractivity contribution in [2.45, 2.75) is 62.8 Å². The number of rotatable bonds is 4. The molecule has 5 nitrogen and oxygen atoms in total. The highest BCUT2D eigenvalue weighted by molar-refractivity contribution is 7.89. The minimum absolute atomic E-state index is 0.0533. The second-order valence-corrected chi connectivity index (χ2v) is 8.94. The van der Waals surface area contributed by atoms with Gasteiger partial charge in [0.25, 0.3) is 5.91 Å². The van der Waals surface area contributed by atoms with Crippen molar-refractivity contribution in [2.24, 2.45) is 0 Å². The number of carbonyl (C=O) groups excluding carboxylic acids is 1. The second kappa shape index (κ2) is 7.87. The molecule has 1 aromatic carbocycles. The molecular formula is C19H28N2O3S. The summed E-state index contributed by atoms with van der Waals surface area (Å²) in [6.07, 6.45) is 6.94. The first-order chi connectivity index (χ1) is 12.0. The Balaban J connectivity index is 1.85. The summed E-state index contributed by atoms with van der Waals surface area (Å²) in [5, 5.41) is 0. The minimum atomic E-state index is -3.55. The number of nitrogens with zero attached hydrogens (tertiary/aromatic N) is 2. The first-order valence-electron chi connectivity index (χ1n) is 9.45. The third-order valence-electron chi connectivity index (χ3n) is 5.38. The Morgan fingerprint density at radius 2 is 1.80 bits per heavy atom. The van der Waals surface area contributed by atoms with Crippen molar-refractivity contribution in [3.8, 4) is 0 Å². The smallest absolute Gasteiger partial charge is 0.253 e. The molecule has 0 aromatic heterocycles. The zero-order chi connectivity index (χ0) is 17.9. The van der Waals surface area contributed by atoms with Crippen molar-refractivity contribution in [3.63, 3.8) is 0 Å². The van der Waals surface area contributed by atoms with E-state index in [-0.39, 0.29) is 16.8 Å². The SMILES string of the molecule is CCC1CCCCN1S(=O)(=O)c1cccc(C(=O)N2CCCCC2)c1. The van der Waals surface area contributed by atoms with Crippen LogP contribution in [0.25, 0.3) is 0 Å². The lowest BCUT2D eigenvalue weighted by Gasteiger charge is -2.34. The average Bonchev–Trinajstić information content (AvgIpc) is 2.68. The summed E-state index contributed by atoms with van der Waals surface area (Å²) in [6, 6.07) is 6.66. The molecule has 0 bridgehead atoms. The van der Waals surface area contributed by atoms with Gasteiger partial charge in [-0.05, 0) is 56.7 Å². The maximum Gasteiger partial charge on any atom is 0.253 e. The number of sulfonamides is 1. The van der Waals surface area contributed by atoms with Crippen molar-refractivity contribution in [1.29, 1.82) is 0 Å². The van der Waals surface area contributed by atoms with Crippen LogP contribution in [0.3, 0.4) is 0 Å². The molecule has 0 saturated carbocycles. The summed E-state index contributed by atoms with van der Waals surface area (Å²) in [5.74, 6) is -0.0533. The van der Waals surface area contributed by atoms with Crippen molar-refractivity contribution in [2.75, 3.05) is 19.6 Å². The summed E-state index contributed by atoms with van der Waals surface area (Å²) >= 11 is 0. The van der Waals surface area contributed by atoms with Gasteiger partial charge in [0.15, 0.2) is 0 Å². The first kappa shape index (κ1) is 18.4. The molecule has 2 aliphatic heterocycles. The van der Waals surface area contributed by atoms with Crippen LogP contribution in [0.15, 0.2) is 29.2 Å². The van der Waals surface area contributed by atoms with Gasteiger partial charge >= 0.3 is 0 Å². The minimum Gasteiger partial charge on any atom is -0.339 e. The van der Waals surface area contributed by atoms with Gasteiger partial charge in [0.2, 0.25) is 10.0 Å². The molecule has 0 radical (unpaired) electrons. The molecule has 0 aliphatic carbocycles. The molecule has 6 heteroatoms. The fourth-order valence-electron chi connectivity index (χ4n) is 3.90. The number of piperidine rings is 2. The van der Waals surface area contributed by atoms with Gasteiger partial charge in [0, 0.05) is 31.2 Å². The zero-order valence-electron chi connectivity index (χ0n) is 15.0. The van der Waals surface area contributed by atoms with E-state index < -0.39 is 10.0 Å². The molecule has 25 heavy (non-hydrogen) atoms. The van der Waals surface area contributed by atoms with Crippen molar-refractivity contribution in [3.05, 3.63) is 29.8 Å². The number of carbonyl (C=O) groups is 1. The number of hydrogen-bond donors (Lipinski definition) is 0. The van der Waals surface area contributed by atoms with Crippen LogP contribution in [0.2, 0.25) is 0 Å². The fraction of sp³-hybridized carbons (Fsp3) is 0.632. The summed E-state index contributed by atoms with van der Waals surface area (Å²) in [7, 11) is -3.55. The summed E-state index contributed by atoms with van der Waals surface area (Å²) in [5.41, 5.74) is 0.480. The van der Waals surface area contributed by atoms with E-state index in [0.29, 0.717) is 12.1 Å². The van der Waals surface area contributed by atoms with Crippen molar-refractivity contribution < 1.29 is 13.2 Å². The summed E-state index contributed by atoms with van der Waals surface area (Å²) in [4.78, 5) is 14.8. The number of benzene rings is 1. The summed E-state index contributed by atoms with van der Waals surface area (Å²) < 4.78 is 27.9. The van der Waals surface area contributed by atoms with Gasteiger partial charge in [-0.1, -0.05) is 19.4 Å². The van der Waals surface area contributed by atoms with Crippen LogP contribution in [0.1, 0.15) is 62.2 Å². The van der Waals surface area contributed by atoms with Crippen LogP contribution < -0.4 is 0 Å². The van der Waals surface area contributed by atoms with E-state index in [1.54, 1.807) is 28.6 Å². The Bertz CT molecular complexity index is 711. The highest BCUT2D eigenvalue weighted by Crippen LogP contribution is 2.27. The molecule has 2 aliphatic rings. The number of likely N-dealkylation sites (tertiary alicyclic amines) is 1. The highest BCUT2D eigenvalue weighted by Gasteiger charge is 2.33. The molecule has 1 aromatic rings. The number of amides is 1. The van der Waals surface area contributed by atoms with E-state index in [0.717, 1.165) is 58.0 Å². The normalized spacial score (nSPS) is 22.8. The van der Waals surface area contributed by atoms with Gasteiger partial charge in [-0.3, -0.25) is 4.79 Å². The van der Waals surface area contributed by atoms with Gasteiger partial charge in [-0.2, -0.15) is 4.31 Å². The molecule has 2 saturated heterocycles.